The summed E-state index contributed by atoms with van der Waals surface area (Å²) in [6, 6.07) is 13.4. The Kier molecular flexibility index (Phi) is 6.26. The maximum atomic E-state index is 10.5. The second kappa shape index (κ2) is 9.45. The Bertz CT molecular complexity index is 1050. The van der Waals surface area contributed by atoms with Crippen molar-refractivity contribution < 1.29 is 14.3 Å². The summed E-state index contributed by atoms with van der Waals surface area (Å²) >= 11 is 0. The number of pyridine rings is 1. The van der Waals surface area contributed by atoms with E-state index < -0.39 is 0 Å². The molecule has 0 aliphatic carbocycles. The molecule has 3 atom stereocenters. The molecule has 5 rings (SSSR count). The second-order valence-electron chi connectivity index (χ2n) is 8.78. The highest BCUT2D eigenvalue weighted by Crippen LogP contribution is 2.43. The second-order valence-corrected chi connectivity index (χ2v) is 8.78. The number of aliphatic hydroxyl groups is 1. The predicted octanol–water partition coefficient (Wildman–Crippen LogP) is 4.17. The van der Waals surface area contributed by atoms with E-state index in [1.165, 1.54) is 12.8 Å². The van der Waals surface area contributed by atoms with E-state index >= 15 is 0 Å². The summed E-state index contributed by atoms with van der Waals surface area (Å²) in [5.41, 5.74) is 2.00. The third kappa shape index (κ3) is 4.06. The lowest BCUT2D eigenvalue weighted by atomic mass is 9.92. The van der Waals surface area contributed by atoms with Crippen molar-refractivity contribution >= 4 is 17.0 Å². The van der Waals surface area contributed by atoms with E-state index in [0.29, 0.717) is 18.1 Å². The van der Waals surface area contributed by atoms with Gasteiger partial charge in [0.15, 0.2) is 0 Å². The average molecular weight is 434 g/mol. The zero-order valence-corrected chi connectivity index (χ0v) is 18.5. The molecule has 168 valence electrons. The van der Waals surface area contributed by atoms with Crippen LogP contribution in [0.1, 0.15) is 43.0 Å². The van der Waals surface area contributed by atoms with Gasteiger partial charge in [0.1, 0.15) is 17.0 Å². The van der Waals surface area contributed by atoms with Gasteiger partial charge in [-0.25, -0.2) is 0 Å². The first-order valence-electron chi connectivity index (χ1n) is 11.5. The van der Waals surface area contributed by atoms with Gasteiger partial charge in [-0.3, -0.25) is 9.88 Å². The van der Waals surface area contributed by atoms with E-state index in [-0.39, 0.29) is 12.6 Å². The Hall–Kier alpha value is -2.67. The number of piperidine rings is 1. The standard InChI is InChI=1S/C26H31N3O3/c1-31-25-8-2-7-23-22(11-13-28-26(23)25)24(17-30)29-19-9-10-20(29)16-18(15-19)27-12-3-5-21-6-4-14-32-21/h2-8,11,13-14,18-20,24,27,30H,9-10,12,15-17H2,1H3. The van der Waals surface area contributed by atoms with Gasteiger partial charge in [-0.15, -0.1) is 0 Å². The highest BCUT2D eigenvalue weighted by molar-refractivity contribution is 5.87. The van der Waals surface area contributed by atoms with E-state index in [2.05, 4.69) is 33.4 Å². The molecule has 3 aromatic rings. The van der Waals surface area contributed by atoms with E-state index in [4.69, 9.17) is 9.15 Å². The van der Waals surface area contributed by atoms with Crippen molar-refractivity contribution in [2.24, 2.45) is 0 Å². The van der Waals surface area contributed by atoms with Gasteiger partial charge in [0, 0.05) is 36.3 Å². The first-order valence-corrected chi connectivity index (χ1v) is 11.5. The lowest BCUT2D eigenvalue weighted by Gasteiger charge is -2.43. The minimum Gasteiger partial charge on any atom is -0.494 e. The van der Waals surface area contributed by atoms with Crippen LogP contribution in [0, 0.1) is 0 Å². The Morgan fingerprint density at radius 1 is 1.22 bits per heavy atom. The Balaban J connectivity index is 1.31. The van der Waals surface area contributed by atoms with Crippen LogP contribution < -0.4 is 10.1 Å². The number of aliphatic hydroxyl groups excluding tert-OH is 1. The fourth-order valence-electron chi connectivity index (χ4n) is 5.66. The number of fused-ring (bicyclic) bond motifs is 3. The molecule has 0 saturated carbocycles. The number of methoxy groups -OCH3 is 1. The molecule has 2 aliphatic rings. The summed E-state index contributed by atoms with van der Waals surface area (Å²) in [6.45, 7) is 0.941. The fraction of sp³-hybridized carbons (Fsp3) is 0.423. The molecule has 4 heterocycles. The minimum absolute atomic E-state index is 0.0232. The van der Waals surface area contributed by atoms with Gasteiger partial charge >= 0.3 is 0 Å². The normalized spacial score (nSPS) is 24.4. The summed E-state index contributed by atoms with van der Waals surface area (Å²) in [7, 11) is 1.68. The van der Waals surface area contributed by atoms with Gasteiger partial charge in [-0.1, -0.05) is 18.2 Å². The summed E-state index contributed by atoms with van der Waals surface area (Å²) in [5, 5.41) is 15.2. The fourth-order valence-corrected chi connectivity index (χ4v) is 5.66. The molecule has 2 aromatic heterocycles. The zero-order valence-electron chi connectivity index (χ0n) is 18.5. The van der Waals surface area contributed by atoms with Crippen molar-refractivity contribution in [2.75, 3.05) is 20.3 Å². The molecule has 2 bridgehead atoms. The van der Waals surface area contributed by atoms with Crippen molar-refractivity contribution in [3.05, 3.63) is 66.3 Å². The molecule has 2 fully saturated rings. The molecular formula is C26H31N3O3. The van der Waals surface area contributed by atoms with Crippen LogP contribution in [0.4, 0.5) is 0 Å². The molecule has 2 saturated heterocycles. The van der Waals surface area contributed by atoms with Crippen LogP contribution in [0.3, 0.4) is 0 Å². The summed E-state index contributed by atoms with van der Waals surface area (Å²) in [4.78, 5) is 7.13. The number of aromatic nitrogens is 1. The molecule has 2 N–H and O–H groups in total. The SMILES string of the molecule is COc1cccc2c(C(CO)N3C4CCC3CC(NCC=Cc3ccco3)C4)ccnc12. The first kappa shape index (κ1) is 21.2. The Labute approximate surface area is 188 Å². The van der Waals surface area contributed by atoms with Crippen LogP contribution in [-0.4, -0.2) is 53.4 Å². The number of nitrogens with zero attached hydrogens (tertiary/aromatic N) is 2. The number of benzene rings is 1. The van der Waals surface area contributed by atoms with Gasteiger partial charge < -0.3 is 19.6 Å². The monoisotopic (exact) mass is 433 g/mol. The third-order valence-electron chi connectivity index (χ3n) is 7.02. The number of furan rings is 1. The highest BCUT2D eigenvalue weighted by atomic mass is 16.5. The summed E-state index contributed by atoms with van der Waals surface area (Å²) in [5.74, 6) is 1.66. The van der Waals surface area contributed by atoms with Crippen LogP contribution in [0.2, 0.25) is 0 Å². The van der Waals surface area contributed by atoms with Gasteiger partial charge in [0.2, 0.25) is 0 Å². The molecule has 0 amide bonds. The van der Waals surface area contributed by atoms with Crippen LogP contribution in [0.25, 0.3) is 17.0 Å². The Morgan fingerprint density at radius 2 is 2.06 bits per heavy atom. The smallest absolute Gasteiger partial charge is 0.145 e. The quantitative estimate of drug-likeness (QED) is 0.556. The molecule has 2 aliphatic heterocycles. The van der Waals surface area contributed by atoms with Crippen LogP contribution in [-0.2, 0) is 0 Å². The Morgan fingerprint density at radius 3 is 2.78 bits per heavy atom. The predicted molar refractivity (Wildman–Crippen MR) is 126 cm³/mol. The van der Waals surface area contributed by atoms with Gasteiger partial charge in [0.05, 0.1) is 26.0 Å². The number of rotatable bonds is 8. The molecule has 32 heavy (non-hydrogen) atoms. The number of nitrogens with one attached hydrogen (secondary N) is 1. The van der Waals surface area contributed by atoms with E-state index in [9.17, 15) is 5.11 Å². The van der Waals surface area contributed by atoms with Gasteiger partial charge in [-0.05, 0) is 61.6 Å². The largest absolute Gasteiger partial charge is 0.494 e. The minimum atomic E-state index is -0.0232. The summed E-state index contributed by atoms with van der Waals surface area (Å²) in [6.07, 6.45) is 12.3. The van der Waals surface area contributed by atoms with Gasteiger partial charge in [0.25, 0.3) is 0 Å². The van der Waals surface area contributed by atoms with Gasteiger partial charge in [-0.2, -0.15) is 0 Å². The zero-order chi connectivity index (χ0) is 21.9. The van der Waals surface area contributed by atoms with E-state index in [1.54, 1.807) is 13.4 Å². The molecule has 0 radical (unpaired) electrons. The maximum Gasteiger partial charge on any atom is 0.145 e. The summed E-state index contributed by atoms with van der Waals surface area (Å²) < 4.78 is 10.9. The molecule has 0 spiro atoms. The van der Waals surface area contributed by atoms with Crippen molar-refractivity contribution in [3.8, 4) is 5.75 Å². The third-order valence-corrected chi connectivity index (χ3v) is 7.02. The molecular weight excluding hydrogens is 402 g/mol. The maximum absolute atomic E-state index is 10.5. The first-order chi connectivity index (χ1) is 15.8. The molecule has 1 aromatic carbocycles. The van der Waals surface area contributed by atoms with Crippen LogP contribution in [0.5, 0.6) is 5.75 Å². The molecule has 6 heteroatoms. The number of ether oxygens (including phenoxy) is 1. The van der Waals surface area contributed by atoms with E-state index in [1.807, 2.05) is 36.5 Å². The lowest BCUT2D eigenvalue weighted by Crippen LogP contribution is -2.51. The van der Waals surface area contributed by atoms with Crippen molar-refractivity contribution in [1.82, 2.24) is 15.2 Å². The van der Waals surface area contributed by atoms with Crippen molar-refractivity contribution in [3.63, 3.8) is 0 Å². The van der Waals surface area contributed by atoms with Crippen LogP contribution >= 0.6 is 0 Å². The van der Waals surface area contributed by atoms with E-state index in [0.717, 1.165) is 47.4 Å². The number of para-hydroxylation sites is 1. The highest BCUT2D eigenvalue weighted by Gasteiger charge is 2.44. The van der Waals surface area contributed by atoms with Crippen molar-refractivity contribution in [1.29, 1.82) is 0 Å². The van der Waals surface area contributed by atoms with Crippen molar-refractivity contribution in [2.45, 2.75) is 49.9 Å². The molecule has 3 unspecified atom stereocenters. The lowest BCUT2D eigenvalue weighted by molar-refractivity contribution is 0.0392. The van der Waals surface area contributed by atoms with Crippen LogP contribution in [0.15, 0.2) is 59.4 Å². The average Bonchev–Trinajstić information content (AvgIpc) is 3.43. The topological polar surface area (TPSA) is 70.8 Å². The number of hydrogen-bond donors (Lipinski definition) is 2. The molecule has 6 nitrogen and oxygen atoms in total. The number of hydrogen-bond acceptors (Lipinski definition) is 6.